The third kappa shape index (κ3) is 4.15. The van der Waals surface area contributed by atoms with Gasteiger partial charge in [-0.1, -0.05) is 60.7 Å². The summed E-state index contributed by atoms with van der Waals surface area (Å²) in [4.78, 5) is 0. The maximum Gasteiger partial charge on any atom is 0.112 e. The fourth-order valence-corrected chi connectivity index (χ4v) is 1.58. The molecule has 0 aromatic heterocycles. The molecule has 0 radical (unpaired) electrons. The molecule has 0 aliphatic heterocycles. The Hall–Kier alpha value is -2.02. The van der Waals surface area contributed by atoms with Crippen molar-refractivity contribution in [3.05, 3.63) is 84.1 Å². The summed E-state index contributed by atoms with van der Waals surface area (Å²) >= 11 is 0. The maximum absolute atomic E-state index is 5.46. The molecular formula is C16H16O. The molecule has 0 bridgehead atoms. The minimum Gasteiger partial charge on any atom is -0.497 e. The van der Waals surface area contributed by atoms with Gasteiger partial charge in [-0.15, -0.1) is 0 Å². The van der Waals surface area contributed by atoms with Gasteiger partial charge < -0.3 is 4.74 Å². The van der Waals surface area contributed by atoms with Crippen molar-refractivity contribution >= 4 is 0 Å². The molecule has 17 heavy (non-hydrogen) atoms. The van der Waals surface area contributed by atoms with Gasteiger partial charge in [0.1, 0.15) is 6.61 Å². The van der Waals surface area contributed by atoms with Crippen LogP contribution >= 0.6 is 0 Å². The standard InChI is InChI=1S/C16H16O/c1-3-8-15(9-4-1)12-7-13-17-14-16-10-5-2-6-11-16/h1-11,13H,12,14H2/b13-7+. The van der Waals surface area contributed by atoms with Gasteiger partial charge in [0.2, 0.25) is 0 Å². The first-order valence-electron chi connectivity index (χ1n) is 5.79. The van der Waals surface area contributed by atoms with Gasteiger partial charge >= 0.3 is 0 Å². The van der Waals surface area contributed by atoms with E-state index in [0.717, 1.165) is 6.42 Å². The van der Waals surface area contributed by atoms with E-state index in [2.05, 4.69) is 24.3 Å². The van der Waals surface area contributed by atoms with E-state index in [4.69, 9.17) is 4.74 Å². The smallest absolute Gasteiger partial charge is 0.112 e. The van der Waals surface area contributed by atoms with E-state index in [0.29, 0.717) is 6.61 Å². The highest BCUT2D eigenvalue weighted by Crippen LogP contribution is 2.02. The van der Waals surface area contributed by atoms with Gasteiger partial charge in [-0.2, -0.15) is 0 Å². The van der Waals surface area contributed by atoms with Gasteiger partial charge in [0.05, 0.1) is 6.26 Å². The molecule has 2 rings (SSSR count). The minimum atomic E-state index is 0.631. The third-order valence-corrected chi connectivity index (χ3v) is 2.48. The summed E-state index contributed by atoms with van der Waals surface area (Å²) in [5.74, 6) is 0. The second-order valence-corrected chi connectivity index (χ2v) is 3.86. The first kappa shape index (κ1) is 11.5. The second kappa shape index (κ2) is 6.54. The lowest BCUT2D eigenvalue weighted by Crippen LogP contribution is -1.85. The van der Waals surface area contributed by atoms with Crippen LogP contribution in [0.4, 0.5) is 0 Å². The SMILES string of the molecule is C(=C\OCc1ccccc1)/Cc1ccccc1. The Morgan fingerprint density at radius 1 is 0.765 bits per heavy atom. The van der Waals surface area contributed by atoms with E-state index in [1.54, 1.807) is 6.26 Å². The van der Waals surface area contributed by atoms with Crippen molar-refractivity contribution in [2.75, 3.05) is 0 Å². The lowest BCUT2D eigenvalue weighted by atomic mass is 10.2. The van der Waals surface area contributed by atoms with Crippen LogP contribution in [0, 0.1) is 0 Å². The van der Waals surface area contributed by atoms with Gasteiger partial charge in [-0.25, -0.2) is 0 Å². The zero-order valence-corrected chi connectivity index (χ0v) is 9.75. The molecule has 0 spiro atoms. The molecule has 1 nitrogen and oxygen atoms in total. The van der Waals surface area contributed by atoms with E-state index in [1.807, 2.05) is 42.5 Å². The largest absolute Gasteiger partial charge is 0.497 e. The van der Waals surface area contributed by atoms with Crippen LogP contribution in [-0.2, 0) is 17.8 Å². The molecule has 0 fully saturated rings. The maximum atomic E-state index is 5.46. The molecular weight excluding hydrogens is 208 g/mol. The molecule has 0 aliphatic carbocycles. The number of hydrogen-bond donors (Lipinski definition) is 0. The first-order valence-corrected chi connectivity index (χ1v) is 5.79. The van der Waals surface area contributed by atoms with Gasteiger partial charge in [0, 0.05) is 0 Å². The summed E-state index contributed by atoms with van der Waals surface area (Å²) < 4.78 is 5.46. The van der Waals surface area contributed by atoms with Gasteiger partial charge in [0.25, 0.3) is 0 Å². The van der Waals surface area contributed by atoms with E-state index in [-0.39, 0.29) is 0 Å². The monoisotopic (exact) mass is 224 g/mol. The molecule has 0 saturated carbocycles. The van der Waals surface area contributed by atoms with Gasteiger partial charge in [-0.3, -0.25) is 0 Å². The lowest BCUT2D eigenvalue weighted by molar-refractivity contribution is 0.235. The Morgan fingerprint density at radius 2 is 1.35 bits per heavy atom. The van der Waals surface area contributed by atoms with Crippen molar-refractivity contribution in [3.63, 3.8) is 0 Å². The Labute approximate surface area is 102 Å². The Morgan fingerprint density at radius 3 is 2.00 bits per heavy atom. The molecule has 0 unspecified atom stereocenters. The number of benzene rings is 2. The number of rotatable bonds is 5. The number of allylic oxidation sites excluding steroid dienone is 1. The van der Waals surface area contributed by atoms with Crippen molar-refractivity contribution in [1.29, 1.82) is 0 Å². The highest BCUT2D eigenvalue weighted by atomic mass is 16.5. The molecule has 0 aliphatic rings. The number of hydrogen-bond acceptors (Lipinski definition) is 1. The highest BCUT2D eigenvalue weighted by molar-refractivity contribution is 5.17. The average Bonchev–Trinajstić information content (AvgIpc) is 2.41. The predicted molar refractivity (Wildman–Crippen MR) is 70.5 cm³/mol. The quantitative estimate of drug-likeness (QED) is 0.698. The second-order valence-electron chi connectivity index (χ2n) is 3.86. The summed E-state index contributed by atoms with van der Waals surface area (Å²) in [6.07, 6.45) is 4.73. The number of ether oxygens (including phenoxy) is 1. The molecule has 0 saturated heterocycles. The molecule has 2 aromatic rings. The molecule has 0 N–H and O–H groups in total. The molecule has 0 amide bonds. The van der Waals surface area contributed by atoms with Crippen molar-refractivity contribution in [2.45, 2.75) is 13.0 Å². The molecule has 1 heteroatoms. The van der Waals surface area contributed by atoms with Crippen molar-refractivity contribution in [3.8, 4) is 0 Å². The molecule has 86 valence electrons. The summed E-state index contributed by atoms with van der Waals surface area (Å²) in [6, 6.07) is 20.5. The van der Waals surface area contributed by atoms with Crippen molar-refractivity contribution < 1.29 is 4.74 Å². The topological polar surface area (TPSA) is 9.23 Å². The normalized spacial score (nSPS) is 10.6. The molecule has 2 aromatic carbocycles. The van der Waals surface area contributed by atoms with Crippen LogP contribution in [0.15, 0.2) is 73.0 Å². The van der Waals surface area contributed by atoms with Crippen LogP contribution in [0.25, 0.3) is 0 Å². The summed E-state index contributed by atoms with van der Waals surface area (Å²) in [6.45, 7) is 0.631. The Kier molecular flexibility index (Phi) is 4.41. The van der Waals surface area contributed by atoms with Gasteiger partial charge in [-0.05, 0) is 23.6 Å². The van der Waals surface area contributed by atoms with Crippen LogP contribution in [-0.4, -0.2) is 0 Å². The van der Waals surface area contributed by atoms with Crippen molar-refractivity contribution in [1.82, 2.24) is 0 Å². The summed E-state index contributed by atoms with van der Waals surface area (Å²) in [5, 5.41) is 0. The van der Waals surface area contributed by atoms with E-state index >= 15 is 0 Å². The Bertz CT molecular complexity index is 445. The average molecular weight is 224 g/mol. The van der Waals surface area contributed by atoms with E-state index in [9.17, 15) is 0 Å². The minimum absolute atomic E-state index is 0.631. The van der Waals surface area contributed by atoms with Crippen LogP contribution in [0.1, 0.15) is 11.1 Å². The van der Waals surface area contributed by atoms with Crippen LogP contribution < -0.4 is 0 Å². The van der Waals surface area contributed by atoms with Crippen LogP contribution in [0.3, 0.4) is 0 Å². The molecule has 0 atom stereocenters. The fraction of sp³-hybridized carbons (Fsp3) is 0.125. The molecule has 0 heterocycles. The van der Waals surface area contributed by atoms with Crippen molar-refractivity contribution in [2.24, 2.45) is 0 Å². The van der Waals surface area contributed by atoms with E-state index in [1.165, 1.54) is 11.1 Å². The third-order valence-electron chi connectivity index (χ3n) is 2.48. The summed E-state index contributed by atoms with van der Waals surface area (Å²) in [5.41, 5.74) is 2.49. The fourth-order valence-electron chi connectivity index (χ4n) is 1.58. The lowest BCUT2D eigenvalue weighted by Gasteiger charge is -2.00. The Balaban J connectivity index is 1.72. The van der Waals surface area contributed by atoms with Gasteiger partial charge in [0.15, 0.2) is 0 Å². The summed E-state index contributed by atoms with van der Waals surface area (Å²) in [7, 11) is 0. The van der Waals surface area contributed by atoms with Crippen LogP contribution in [0.5, 0.6) is 0 Å². The highest BCUT2D eigenvalue weighted by Gasteiger charge is 1.88. The van der Waals surface area contributed by atoms with E-state index < -0.39 is 0 Å². The predicted octanol–water partition coefficient (Wildman–Crippen LogP) is 3.96. The zero-order chi connectivity index (χ0) is 11.8. The first-order chi connectivity index (χ1) is 8.45. The van der Waals surface area contributed by atoms with Crippen LogP contribution in [0.2, 0.25) is 0 Å². The zero-order valence-electron chi connectivity index (χ0n) is 9.75.